The lowest BCUT2D eigenvalue weighted by molar-refractivity contribution is 0.0787. The van der Waals surface area contributed by atoms with Crippen molar-refractivity contribution < 1.29 is 9.53 Å². The number of amides is 1. The lowest BCUT2D eigenvalue weighted by Gasteiger charge is -2.18. The van der Waals surface area contributed by atoms with Crippen LogP contribution >= 0.6 is 11.3 Å². The smallest absolute Gasteiger partial charge is 0.256 e. The number of hydrogen-bond acceptors (Lipinski definition) is 4. The summed E-state index contributed by atoms with van der Waals surface area (Å²) in [5.41, 5.74) is 8.02. The van der Waals surface area contributed by atoms with Crippen LogP contribution in [0.2, 0.25) is 0 Å². The number of hydrogen-bond donors (Lipinski definition) is 1. The summed E-state index contributed by atoms with van der Waals surface area (Å²) in [5, 5.41) is 2.03. The highest BCUT2D eigenvalue weighted by molar-refractivity contribution is 7.10. The van der Waals surface area contributed by atoms with Gasteiger partial charge in [0.05, 0.1) is 19.2 Å². The molecule has 1 heterocycles. The summed E-state index contributed by atoms with van der Waals surface area (Å²) in [6, 6.07) is 7.17. The van der Waals surface area contributed by atoms with Crippen LogP contribution in [0.4, 0.5) is 5.69 Å². The number of aryl methyl sites for hydroxylation is 1. The van der Waals surface area contributed by atoms with Crippen molar-refractivity contribution >= 4 is 22.9 Å². The maximum absolute atomic E-state index is 12.5. The minimum Gasteiger partial charge on any atom is -0.497 e. The van der Waals surface area contributed by atoms with Crippen molar-refractivity contribution in [2.45, 2.75) is 13.5 Å². The Bertz CT molecular complexity index is 622. The zero-order chi connectivity index (χ0) is 14.7. The Balaban J connectivity index is 2.20. The molecule has 1 amide bonds. The Morgan fingerprint density at radius 1 is 1.40 bits per heavy atom. The first-order valence-electron chi connectivity index (χ1n) is 6.25. The number of anilines is 1. The van der Waals surface area contributed by atoms with Crippen LogP contribution in [0.3, 0.4) is 0 Å². The van der Waals surface area contributed by atoms with E-state index in [2.05, 4.69) is 6.07 Å². The molecule has 0 radical (unpaired) electrons. The van der Waals surface area contributed by atoms with Gasteiger partial charge in [-0.25, -0.2) is 0 Å². The standard InChI is InChI=1S/C15H18N2O2S/c1-10-6-7-20-14(10)9-17(2)15(18)12-8-11(19-3)4-5-13(12)16/h4-8H,9,16H2,1-3H3. The predicted octanol–water partition coefficient (Wildman–Crippen LogP) is 2.92. The second-order valence-electron chi connectivity index (χ2n) is 4.64. The molecular weight excluding hydrogens is 272 g/mol. The Morgan fingerprint density at radius 2 is 2.15 bits per heavy atom. The first-order valence-corrected chi connectivity index (χ1v) is 7.13. The van der Waals surface area contributed by atoms with Crippen molar-refractivity contribution in [3.8, 4) is 5.75 Å². The predicted molar refractivity (Wildman–Crippen MR) is 82.3 cm³/mol. The van der Waals surface area contributed by atoms with Gasteiger partial charge in [-0.05, 0) is 42.1 Å². The van der Waals surface area contributed by atoms with E-state index in [4.69, 9.17) is 10.5 Å². The second-order valence-corrected chi connectivity index (χ2v) is 5.64. The van der Waals surface area contributed by atoms with E-state index < -0.39 is 0 Å². The van der Waals surface area contributed by atoms with E-state index in [-0.39, 0.29) is 5.91 Å². The van der Waals surface area contributed by atoms with Crippen molar-refractivity contribution in [3.63, 3.8) is 0 Å². The van der Waals surface area contributed by atoms with E-state index in [1.165, 1.54) is 10.4 Å². The van der Waals surface area contributed by atoms with E-state index in [9.17, 15) is 4.79 Å². The number of ether oxygens (including phenoxy) is 1. The molecule has 0 aliphatic carbocycles. The van der Waals surface area contributed by atoms with Crippen LogP contribution < -0.4 is 10.5 Å². The molecule has 0 bridgehead atoms. The molecule has 20 heavy (non-hydrogen) atoms. The maximum atomic E-state index is 12.5. The lowest BCUT2D eigenvalue weighted by atomic mass is 10.1. The maximum Gasteiger partial charge on any atom is 0.256 e. The van der Waals surface area contributed by atoms with Crippen molar-refractivity contribution in [1.82, 2.24) is 4.90 Å². The van der Waals surface area contributed by atoms with Gasteiger partial charge in [0, 0.05) is 17.6 Å². The summed E-state index contributed by atoms with van der Waals surface area (Å²) in [7, 11) is 3.35. The number of nitrogens with two attached hydrogens (primary N) is 1. The zero-order valence-electron chi connectivity index (χ0n) is 11.8. The molecule has 0 atom stereocenters. The van der Waals surface area contributed by atoms with Crippen molar-refractivity contribution in [3.05, 3.63) is 45.6 Å². The molecule has 1 aromatic heterocycles. The van der Waals surface area contributed by atoms with Gasteiger partial charge in [0.15, 0.2) is 0 Å². The van der Waals surface area contributed by atoms with Gasteiger partial charge in [-0.2, -0.15) is 0 Å². The van der Waals surface area contributed by atoms with Gasteiger partial charge >= 0.3 is 0 Å². The molecule has 0 aliphatic rings. The lowest BCUT2D eigenvalue weighted by Crippen LogP contribution is -2.26. The highest BCUT2D eigenvalue weighted by atomic mass is 32.1. The van der Waals surface area contributed by atoms with Gasteiger partial charge in [-0.1, -0.05) is 0 Å². The molecule has 0 saturated heterocycles. The number of nitrogen functional groups attached to an aromatic ring is 1. The van der Waals surface area contributed by atoms with E-state index in [1.807, 2.05) is 12.3 Å². The summed E-state index contributed by atoms with van der Waals surface area (Å²) in [6.45, 7) is 2.63. The highest BCUT2D eigenvalue weighted by Gasteiger charge is 2.17. The second kappa shape index (κ2) is 5.96. The first kappa shape index (κ1) is 14.4. The largest absolute Gasteiger partial charge is 0.497 e. The first-order chi connectivity index (χ1) is 9.52. The van der Waals surface area contributed by atoms with E-state index in [1.54, 1.807) is 48.6 Å². The van der Waals surface area contributed by atoms with Crippen LogP contribution in [0, 0.1) is 6.92 Å². The molecule has 0 aliphatic heterocycles. The van der Waals surface area contributed by atoms with Crippen LogP contribution in [-0.2, 0) is 6.54 Å². The molecule has 106 valence electrons. The van der Waals surface area contributed by atoms with Crippen molar-refractivity contribution in [2.75, 3.05) is 19.9 Å². The molecule has 5 heteroatoms. The summed E-state index contributed by atoms with van der Waals surface area (Å²) in [6.07, 6.45) is 0. The average Bonchev–Trinajstić information content (AvgIpc) is 2.84. The van der Waals surface area contributed by atoms with E-state index in [0.29, 0.717) is 23.5 Å². The minimum atomic E-state index is -0.103. The third-order valence-corrected chi connectivity index (χ3v) is 4.19. The van der Waals surface area contributed by atoms with Crippen LogP contribution in [0.25, 0.3) is 0 Å². The number of benzene rings is 1. The highest BCUT2D eigenvalue weighted by Crippen LogP contribution is 2.23. The van der Waals surface area contributed by atoms with Crippen LogP contribution in [0.5, 0.6) is 5.75 Å². The van der Waals surface area contributed by atoms with Gasteiger partial charge in [0.1, 0.15) is 5.75 Å². The number of carbonyl (C=O) groups excluding carboxylic acids is 1. The Kier molecular flexibility index (Phi) is 4.29. The average molecular weight is 290 g/mol. The van der Waals surface area contributed by atoms with Crippen LogP contribution in [0.15, 0.2) is 29.6 Å². The third kappa shape index (κ3) is 2.93. The van der Waals surface area contributed by atoms with Gasteiger partial charge in [-0.15, -0.1) is 11.3 Å². The molecule has 4 nitrogen and oxygen atoms in total. The molecule has 2 N–H and O–H groups in total. The molecule has 0 unspecified atom stereocenters. The normalized spacial score (nSPS) is 10.3. The van der Waals surface area contributed by atoms with Crippen molar-refractivity contribution in [2.24, 2.45) is 0 Å². The number of carbonyl (C=O) groups is 1. The number of methoxy groups -OCH3 is 1. The third-order valence-electron chi connectivity index (χ3n) is 3.19. The van der Waals surface area contributed by atoms with Crippen LogP contribution in [-0.4, -0.2) is 25.0 Å². The Labute approximate surface area is 122 Å². The summed E-state index contributed by atoms with van der Waals surface area (Å²) < 4.78 is 5.14. The minimum absolute atomic E-state index is 0.103. The van der Waals surface area contributed by atoms with Gasteiger partial charge in [-0.3, -0.25) is 4.79 Å². The summed E-state index contributed by atoms with van der Waals surface area (Å²) in [4.78, 5) is 15.3. The molecule has 0 fully saturated rings. The summed E-state index contributed by atoms with van der Waals surface area (Å²) >= 11 is 1.65. The number of nitrogens with zero attached hydrogens (tertiary/aromatic N) is 1. The van der Waals surface area contributed by atoms with Gasteiger partial charge in [0.25, 0.3) is 5.91 Å². The molecule has 0 spiro atoms. The Hall–Kier alpha value is -2.01. The fourth-order valence-electron chi connectivity index (χ4n) is 1.91. The fraction of sp³-hybridized carbons (Fsp3) is 0.267. The van der Waals surface area contributed by atoms with Gasteiger partial charge in [0.2, 0.25) is 0 Å². The van der Waals surface area contributed by atoms with Gasteiger partial charge < -0.3 is 15.4 Å². The van der Waals surface area contributed by atoms with E-state index in [0.717, 1.165) is 0 Å². The fourth-order valence-corrected chi connectivity index (χ4v) is 2.87. The molecule has 0 saturated carbocycles. The summed E-state index contributed by atoms with van der Waals surface area (Å²) in [5.74, 6) is 0.525. The molecular formula is C15H18N2O2S. The molecule has 1 aromatic carbocycles. The topological polar surface area (TPSA) is 55.6 Å². The molecule has 2 aromatic rings. The quantitative estimate of drug-likeness (QED) is 0.881. The Morgan fingerprint density at radius 3 is 2.75 bits per heavy atom. The van der Waals surface area contributed by atoms with Crippen LogP contribution in [0.1, 0.15) is 20.8 Å². The van der Waals surface area contributed by atoms with Crippen molar-refractivity contribution in [1.29, 1.82) is 0 Å². The number of thiophene rings is 1. The SMILES string of the molecule is COc1ccc(N)c(C(=O)N(C)Cc2sccc2C)c1. The number of rotatable bonds is 4. The molecule has 2 rings (SSSR count). The monoisotopic (exact) mass is 290 g/mol. The zero-order valence-corrected chi connectivity index (χ0v) is 12.7. The van der Waals surface area contributed by atoms with E-state index >= 15 is 0 Å².